The zero-order valence-electron chi connectivity index (χ0n) is 12.4. The van der Waals surface area contributed by atoms with E-state index in [9.17, 15) is 4.39 Å². The van der Waals surface area contributed by atoms with Crippen LogP contribution in [-0.2, 0) is 6.42 Å². The van der Waals surface area contributed by atoms with Crippen LogP contribution in [0.1, 0.15) is 58.6 Å². The van der Waals surface area contributed by atoms with Crippen molar-refractivity contribution < 1.29 is 4.39 Å². The maximum Gasteiger partial charge on any atom is 0.186 e. The van der Waals surface area contributed by atoms with Crippen LogP contribution in [0.25, 0.3) is 0 Å². The van der Waals surface area contributed by atoms with Gasteiger partial charge in [-0.2, -0.15) is 0 Å². The second-order valence-corrected chi connectivity index (χ2v) is 5.36. The Morgan fingerprint density at radius 3 is 2.58 bits per heavy atom. The first-order valence-corrected chi connectivity index (χ1v) is 7.38. The van der Waals surface area contributed by atoms with Gasteiger partial charge in [0.05, 0.1) is 5.69 Å². The van der Waals surface area contributed by atoms with E-state index in [4.69, 9.17) is 0 Å². The first-order chi connectivity index (χ1) is 9.15. The summed E-state index contributed by atoms with van der Waals surface area (Å²) in [6.07, 6.45) is 8.11. The van der Waals surface area contributed by atoms with E-state index < -0.39 is 0 Å². The second kappa shape index (κ2) is 8.83. The molecular weight excluding hydrogens is 241 g/mol. The molecule has 0 atom stereocenters. The summed E-state index contributed by atoms with van der Waals surface area (Å²) >= 11 is 0. The van der Waals surface area contributed by atoms with Gasteiger partial charge in [0.25, 0.3) is 0 Å². The van der Waals surface area contributed by atoms with Crippen LogP contribution in [0, 0.1) is 11.7 Å². The Morgan fingerprint density at radius 1 is 1.16 bits per heavy atom. The molecule has 0 fully saturated rings. The van der Waals surface area contributed by atoms with Crippen molar-refractivity contribution in [1.29, 1.82) is 0 Å². The standard InChI is InChI=1S/C15H26FN3/c1-4-13-14(16)15(19-11-18-13)17-10-8-6-5-7-9-12(2)3/h11-12H,4-10H2,1-3H3,(H,17,18,19). The lowest BCUT2D eigenvalue weighted by Crippen LogP contribution is -2.08. The van der Waals surface area contributed by atoms with E-state index in [-0.39, 0.29) is 5.82 Å². The quantitative estimate of drug-likeness (QED) is 0.681. The highest BCUT2D eigenvalue weighted by atomic mass is 19.1. The minimum Gasteiger partial charge on any atom is -0.368 e. The third-order valence-corrected chi connectivity index (χ3v) is 3.20. The number of halogens is 1. The number of hydrogen-bond acceptors (Lipinski definition) is 3. The van der Waals surface area contributed by atoms with Gasteiger partial charge in [-0.25, -0.2) is 14.4 Å². The first kappa shape index (κ1) is 15.9. The molecule has 1 N–H and O–H groups in total. The molecule has 1 aromatic rings. The summed E-state index contributed by atoms with van der Waals surface area (Å²) in [4.78, 5) is 7.86. The highest BCUT2D eigenvalue weighted by Crippen LogP contribution is 2.14. The summed E-state index contributed by atoms with van der Waals surface area (Å²) < 4.78 is 13.8. The number of aryl methyl sites for hydroxylation is 1. The molecule has 19 heavy (non-hydrogen) atoms. The molecule has 0 amide bonds. The fraction of sp³-hybridized carbons (Fsp3) is 0.733. The summed E-state index contributed by atoms with van der Waals surface area (Å²) in [7, 11) is 0. The number of nitrogens with zero attached hydrogens (tertiary/aromatic N) is 2. The van der Waals surface area contributed by atoms with Gasteiger partial charge in [-0.15, -0.1) is 0 Å². The molecule has 0 bridgehead atoms. The van der Waals surface area contributed by atoms with Crippen molar-refractivity contribution in [2.45, 2.75) is 59.3 Å². The van der Waals surface area contributed by atoms with Crippen LogP contribution >= 0.6 is 0 Å². The fourth-order valence-electron chi connectivity index (χ4n) is 2.01. The molecule has 0 aliphatic heterocycles. The maximum absolute atomic E-state index is 13.8. The van der Waals surface area contributed by atoms with E-state index in [0.717, 1.165) is 18.9 Å². The van der Waals surface area contributed by atoms with Crippen LogP contribution in [0.5, 0.6) is 0 Å². The molecule has 0 saturated carbocycles. The molecule has 1 rings (SSSR count). The smallest absolute Gasteiger partial charge is 0.186 e. The van der Waals surface area contributed by atoms with Crippen LogP contribution in [-0.4, -0.2) is 16.5 Å². The van der Waals surface area contributed by atoms with Gasteiger partial charge in [-0.05, 0) is 18.8 Å². The Balaban J connectivity index is 2.19. The van der Waals surface area contributed by atoms with E-state index in [1.54, 1.807) is 0 Å². The molecule has 1 heterocycles. The number of unbranched alkanes of at least 4 members (excludes halogenated alkanes) is 3. The van der Waals surface area contributed by atoms with Crippen molar-refractivity contribution in [3.05, 3.63) is 17.8 Å². The molecule has 4 heteroatoms. The van der Waals surface area contributed by atoms with E-state index in [0.29, 0.717) is 17.9 Å². The molecule has 108 valence electrons. The average Bonchev–Trinajstić information content (AvgIpc) is 2.39. The highest BCUT2D eigenvalue weighted by molar-refractivity contribution is 5.36. The van der Waals surface area contributed by atoms with Crippen molar-refractivity contribution in [2.75, 3.05) is 11.9 Å². The molecule has 1 aromatic heterocycles. The summed E-state index contributed by atoms with van der Waals surface area (Å²) in [5.74, 6) is 0.833. The van der Waals surface area contributed by atoms with Crippen LogP contribution in [0.3, 0.4) is 0 Å². The van der Waals surface area contributed by atoms with Crippen molar-refractivity contribution in [3.63, 3.8) is 0 Å². The molecule has 0 aliphatic rings. The van der Waals surface area contributed by atoms with Gasteiger partial charge in [-0.3, -0.25) is 0 Å². The van der Waals surface area contributed by atoms with Crippen LogP contribution in [0.15, 0.2) is 6.33 Å². The summed E-state index contributed by atoms with van der Waals surface area (Å²) in [5.41, 5.74) is 0.481. The Labute approximate surface area is 116 Å². The summed E-state index contributed by atoms with van der Waals surface area (Å²) in [6, 6.07) is 0. The molecule has 0 aliphatic carbocycles. The lowest BCUT2D eigenvalue weighted by Gasteiger charge is -2.08. The van der Waals surface area contributed by atoms with Crippen molar-refractivity contribution in [2.24, 2.45) is 5.92 Å². The van der Waals surface area contributed by atoms with Crippen LogP contribution in [0.4, 0.5) is 10.2 Å². The lowest BCUT2D eigenvalue weighted by atomic mass is 10.0. The molecule has 3 nitrogen and oxygen atoms in total. The Bertz CT molecular complexity index is 366. The van der Waals surface area contributed by atoms with Gasteiger partial charge in [0.15, 0.2) is 11.6 Å². The maximum atomic E-state index is 13.8. The van der Waals surface area contributed by atoms with Gasteiger partial charge >= 0.3 is 0 Å². The summed E-state index contributed by atoms with van der Waals surface area (Å²) in [5, 5.41) is 3.06. The van der Waals surface area contributed by atoms with Gasteiger partial charge in [0, 0.05) is 6.54 Å². The highest BCUT2D eigenvalue weighted by Gasteiger charge is 2.08. The predicted octanol–water partition coefficient (Wildman–Crippen LogP) is 4.20. The number of rotatable bonds is 9. The molecule has 0 unspecified atom stereocenters. The van der Waals surface area contributed by atoms with Gasteiger partial charge in [0.2, 0.25) is 0 Å². The van der Waals surface area contributed by atoms with Crippen LogP contribution in [0.2, 0.25) is 0 Å². The molecule has 0 spiro atoms. The monoisotopic (exact) mass is 267 g/mol. The van der Waals surface area contributed by atoms with E-state index in [1.807, 2.05) is 6.92 Å². The summed E-state index contributed by atoms with van der Waals surface area (Å²) in [6.45, 7) is 7.18. The minimum absolute atomic E-state index is 0.301. The van der Waals surface area contributed by atoms with Gasteiger partial charge in [0.1, 0.15) is 6.33 Å². The lowest BCUT2D eigenvalue weighted by molar-refractivity contribution is 0.522. The van der Waals surface area contributed by atoms with E-state index >= 15 is 0 Å². The third kappa shape index (κ3) is 5.99. The number of anilines is 1. The van der Waals surface area contributed by atoms with Crippen molar-refractivity contribution >= 4 is 5.82 Å². The number of hydrogen-bond donors (Lipinski definition) is 1. The zero-order valence-corrected chi connectivity index (χ0v) is 12.4. The third-order valence-electron chi connectivity index (χ3n) is 3.20. The zero-order chi connectivity index (χ0) is 14.1. The fourth-order valence-corrected chi connectivity index (χ4v) is 2.01. The molecule has 0 radical (unpaired) electrons. The predicted molar refractivity (Wildman–Crippen MR) is 77.8 cm³/mol. The van der Waals surface area contributed by atoms with Crippen molar-refractivity contribution in [1.82, 2.24) is 9.97 Å². The Kier molecular flexibility index (Phi) is 7.38. The van der Waals surface area contributed by atoms with Gasteiger partial charge in [-0.1, -0.05) is 46.5 Å². The number of aromatic nitrogens is 2. The molecule has 0 aromatic carbocycles. The topological polar surface area (TPSA) is 37.8 Å². The number of nitrogens with one attached hydrogen (secondary N) is 1. The second-order valence-electron chi connectivity index (χ2n) is 5.36. The minimum atomic E-state index is -0.301. The molecular formula is C15H26FN3. The largest absolute Gasteiger partial charge is 0.368 e. The van der Waals surface area contributed by atoms with Crippen molar-refractivity contribution in [3.8, 4) is 0 Å². The molecule has 0 saturated heterocycles. The normalized spacial score (nSPS) is 11.0. The Hall–Kier alpha value is -1.19. The van der Waals surface area contributed by atoms with Crippen LogP contribution < -0.4 is 5.32 Å². The van der Waals surface area contributed by atoms with Gasteiger partial charge < -0.3 is 5.32 Å². The van der Waals surface area contributed by atoms with E-state index in [1.165, 1.54) is 32.0 Å². The average molecular weight is 267 g/mol. The van der Waals surface area contributed by atoms with E-state index in [2.05, 4.69) is 29.1 Å². The SMILES string of the molecule is CCc1ncnc(NCCCCCCC(C)C)c1F. The first-order valence-electron chi connectivity index (χ1n) is 7.38. The Morgan fingerprint density at radius 2 is 1.89 bits per heavy atom.